The molecule has 0 aromatic rings. The summed E-state index contributed by atoms with van der Waals surface area (Å²) in [6.07, 6.45) is 0. The average Bonchev–Trinajstić information content (AvgIpc) is 1.89. The van der Waals surface area contributed by atoms with Gasteiger partial charge >= 0.3 is 7.82 Å². The first-order valence-corrected chi connectivity index (χ1v) is 4.11. The van der Waals surface area contributed by atoms with E-state index in [2.05, 4.69) is 12.7 Å². The van der Waals surface area contributed by atoms with Crippen molar-refractivity contribution in [3.05, 3.63) is 0 Å². The molecule has 0 aromatic carbocycles. The van der Waals surface area contributed by atoms with Gasteiger partial charge in [-0.1, -0.05) is 0 Å². The van der Waals surface area contributed by atoms with Crippen molar-refractivity contribution in [2.75, 3.05) is 6.61 Å². The summed E-state index contributed by atoms with van der Waals surface area (Å²) >= 11 is 9.38. The smallest absolute Gasteiger partial charge is 0.285 e. The van der Waals surface area contributed by atoms with Gasteiger partial charge in [0.2, 0.25) is 0 Å². The predicted molar refractivity (Wildman–Crippen MR) is 33.1 cm³/mol. The molecule has 9 heavy (non-hydrogen) atoms. The van der Waals surface area contributed by atoms with Crippen LogP contribution in [0.25, 0.3) is 0 Å². The van der Waals surface area contributed by atoms with Crippen LogP contribution in [-0.4, -0.2) is 6.61 Å². The maximum Gasteiger partial charge on any atom is 0.507 e. The van der Waals surface area contributed by atoms with E-state index in [1.54, 1.807) is 6.92 Å². The highest BCUT2D eigenvalue weighted by atomic mass is 35.5. The molecule has 0 aromatic heterocycles. The maximum absolute atomic E-state index is 10.6. The van der Waals surface area contributed by atoms with E-state index in [0.29, 0.717) is 0 Å². The van der Waals surface area contributed by atoms with Crippen molar-refractivity contribution in [2.45, 2.75) is 6.92 Å². The van der Waals surface area contributed by atoms with Crippen LogP contribution in [0.5, 0.6) is 0 Å². The van der Waals surface area contributed by atoms with Crippen LogP contribution in [0.3, 0.4) is 0 Å². The van der Waals surface area contributed by atoms with E-state index < -0.39 is 7.82 Å². The van der Waals surface area contributed by atoms with E-state index in [1.807, 2.05) is 0 Å². The molecule has 56 valence electrons. The van der Waals surface area contributed by atoms with Crippen molar-refractivity contribution >= 4 is 31.6 Å². The second-order valence-electron chi connectivity index (χ2n) is 1.00. The Labute approximate surface area is 62.9 Å². The molecular weight excluding hydrogens is 190 g/mol. The van der Waals surface area contributed by atoms with Crippen LogP contribution in [0.2, 0.25) is 0 Å². The molecule has 0 radical (unpaired) electrons. The number of rotatable bonds is 4. The van der Waals surface area contributed by atoms with Crippen LogP contribution < -0.4 is 0 Å². The average molecular weight is 195 g/mol. The highest BCUT2D eigenvalue weighted by Crippen LogP contribution is 2.51. The Morgan fingerprint density at radius 1 is 1.44 bits per heavy atom. The Balaban J connectivity index is 3.78. The summed E-state index contributed by atoms with van der Waals surface area (Å²) in [5.41, 5.74) is 0. The fraction of sp³-hybridized carbons (Fsp3) is 1.00. The molecular formula is C2H5Cl2O4P. The van der Waals surface area contributed by atoms with Crippen LogP contribution in [0, 0.1) is 0 Å². The summed E-state index contributed by atoms with van der Waals surface area (Å²) in [4.78, 5) is 0. The summed E-state index contributed by atoms with van der Waals surface area (Å²) < 4.78 is 22.6. The van der Waals surface area contributed by atoms with E-state index in [-0.39, 0.29) is 6.61 Å². The van der Waals surface area contributed by atoms with Crippen molar-refractivity contribution in [1.29, 1.82) is 0 Å². The molecule has 0 aliphatic heterocycles. The lowest BCUT2D eigenvalue weighted by molar-refractivity contribution is 0.230. The van der Waals surface area contributed by atoms with Crippen molar-refractivity contribution in [1.82, 2.24) is 0 Å². The molecule has 0 spiro atoms. The first kappa shape index (κ1) is 9.69. The fourth-order valence-electron chi connectivity index (χ4n) is 0.209. The van der Waals surface area contributed by atoms with Crippen LogP contribution in [-0.2, 0) is 17.2 Å². The topological polar surface area (TPSA) is 44.8 Å². The van der Waals surface area contributed by atoms with Gasteiger partial charge in [-0.15, -0.1) is 0 Å². The molecule has 0 unspecified atom stereocenters. The van der Waals surface area contributed by atoms with Crippen LogP contribution in [0.4, 0.5) is 0 Å². The van der Waals surface area contributed by atoms with Gasteiger partial charge in [-0.25, -0.2) is 4.57 Å². The first-order valence-electron chi connectivity index (χ1n) is 2.03. The molecule has 0 saturated heterocycles. The second-order valence-corrected chi connectivity index (χ2v) is 3.26. The minimum Gasteiger partial charge on any atom is -0.285 e. The minimum absolute atomic E-state index is 0.150. The summed E-state index contributed by atoms with van der Waals surface area (Å²) in [5, 5.41) is 0. The van der Waals surface area contributed by atoms with Crippen molar-refractivity contribution in [3.63, 3.8) is 0 Å². The molecule has 0 heterocycles. The lowest BCUT2D eigenvalue weighted by Crippen LogP contribution is -1.88. The van der Waals surface area contributed by atoms with E-state index in [9.17, 15) is 4.57 Å². The maximum atomic E-state index is 10.6. The molecule has 0 saturated carbocycles. The summed E-state index contributed by atoms with van der Waals surface area (Å²) in [6, 6.07) is 0. The van der Waals surface area contributed by atoms with Gasteiger partial charge < -0.3 is 0 Å². The zero-order valence-corrected chi connectivity index (χ0v) is 6.95. The van der Waals surface area contributed by atoms with Crippen LogP contribution in [0.1, 0.15) is 6.92 Å². The molecule has 0 rings (SSSR count). The summed E-state index contributed by atoms with van der Waals surface area (Å²) in [5.74, 6) is 0. The van der Waals surface area contributed by atoms with Gasteiger partial charge in [0, 0.05) is 0 Å². The molecule has 0 amide bonds. The van der Waals surface area contributed by atoms with Gasteiger partial charge in [0.05, 0.1) is 30.3 Å². The Morgan fingerprint density at radius 2 is 1.89 bits per heavy atom. The molecule has 0 atom stereocenters. The zero-order valence-electron chi connectivity index (χ0n) is 4.54. The standard InChI is InChI=1S/C2H5Cl2O4P/c1-2-6-9(5,7-3)8-4/h2H2,1H3. The largest absolute Gasteiger partial charge is 0.507 e. The SMILES string of the molecule is CCOP(=O)(OCl)OCl. The van der Waals surface area contributed by atoms with E-state index in [4.69, 9.17) is 23.7 Å². The molecule has 4 nitrogen and oxygen atoms in total. The highest BCUT2D eigenvalue weighted by Gasteiger charge is 2.25. The third-order valence-corrected chi connectivity index (χ3v) is 2.38. The molecule has 0 aliphatic rings. The quantitative estimate of drug-likeness (QED) is 0.646. The highest BCUT2D eigenvalue weighted by molar-refractivity contribution is 7.50. The molecule has 0 N–H and O–H groups in total. The van der Waals surface area contributed by atoms with Crippen LogP contribution in [0.15, 0.2) is 0 Å². The van der Waals surface area contributed by atoms with E-state index in [0.717, 1.165) is 0 Å². The number of hydrogen-bond donors (Lipinski definition) is 0. The second kappa shape index (κ2) is 4.50. The lowest BCUT2D eigenvalue weighted by Gasteiger charge is -2.05. The van der Waals surface area contributed by atoms with Crippen molar-refractivity contribution in [3.8, 4) is 0 Å². The Hall–Kier alpha value is 0.690. The van der Waals surface area contributed by atoms with Gasteiger partial charge in [0.1, 0.15) is 0 Å². The van der Waals surface area contributed by atoms with Crippen molar-refractivity contribution in [2.24, 2.45) is 0 Å². The Morgan fingerprint density at radius 3 is 2.00 bits per heavy atom. The Kier molecular flexibility index (Phi) is 4.84. The van der Waals surface area contributed by atoms with Crippen LogP contribution >= 0.6 is 31.6 Å². The molecule has 0 fully saturated rings. The number of hydrogen-bond acceptors (Lipinski definition) is 4. The van der Waals surface area contributed by atoms with Gasteiger partial charge in [0.25, 0.3) is 0 Å². The Bertz CT molecular complexity index is 109. The number of halogens is 2. The summed E-state index contributed by atoms with van der Waals surface area (Å²) in [6.45, 7) is 1.75. The van der Waals surface area contributed by atoms with Gasteiger partial charge in [-0.3, -0.25) is 4.52 Å². The number of phosphoric acid groups is 1. The normalized spacial score (nSPS) is 11.9. The van der Waals surface area contributed by atoms with Gasteiger partial charge in [-0.05, 0) is 6.92 Å². The van der Waals surface area contributed by atoms with Gasteiger partial charge in [0.15, 0.2) is 0 Å². The van der Waals surface area contributed by atoms with Crippen molar-refractivity contribution < 1.29 is 17.2 Å². The fourth-order valence-corrected chi connectivity index (χ4v) is 1.12. The minimum atomic E-state index is -3.65. The van der Waals surface area contributed by atoms with E-state index in [1.165, 1.54) is 0 Å². The van der Waals surface area contributed by atoms with E-state index >= 15 is 0 Å². The lowest BCUT2D eigenvalue weighted by atomic mass is 10.9. The zero-order chi connectivity index (χ0) is 7.33. The predicted octanol–water partition coefficient (Wildman–Crippen LogP) is 2.47. The molecule has 0 aliphatic carbocycles. The third-order valence-electron chi connectivity index (χ3n) is 0.456. The first-order chi connectivity index (χ1) is 4.18. The molecule has 0 bridgehead atoms. The third kappa shape index (κ3) is 3.40. The monoisotopic (exact) mass is 194 g/mol. The van der Waals surface area contributed by atoms with Gasteiger partial charge in [-0.2, -0.15) is 8.15 Å². The molecule has 7 heteroatoms. The summed E-state index contributed by atoms with van der Waals surface area (Å²) in [7, 11) is -3.65.